The van der Waals surface area contributed by atoms with Crippen LogP contribution in [0, 0.1) is 11.6 Å². The fraction of sp³-hybridized carbons (Fsp3) is 0.423. The van der Waals surface area contributed by atoms with Crippen molar-refractivity contribution in [2.75, 3.05) is 63.7 Å². The molecule has 36 heavy (non-hydrogen) atoms. The van der Waals surface area contributed by atoms with Crippen molar-refractivity contribution < 1.29 is 18.3 Å². The first-order valence-electron chi connectivity index (χ1n) is 12.2. The molecular formula is C26H30F2N6O2. The highest BCUT2D eigenvalue weighted by Crippen LogP contribution is 2.28. The number of likely N-dealkylation sites (tertiary alicyclic amines) is 1. The number of likely N-dealkylation sites (N-methyl/N-ethyl adjacent to an activating group) is 1. The van der Waals surface area contributed by atoms with Crippen LogP contribution in [-0.2, 0) is 11.3 Å². The Bertz CT molecular complexity index is 1240. The molecule has 0 saturated carbocycles. The van der Waals surface area contributed by atoms with E-state index < -0.39 is 11.6 Å². The van der Waals surface area contributed by atoms with Gasteiger partial charge in [0.25, 0.3) is 5.91 Å². The summed E-state index contributed by atoms with van der Waals surface area (Å²) in [5.74, 6) is -0.628. The monoisotopic (exact) mass is 496 g/mol. The zero-order valence-electron chi connectivity index (χ0n) is 20.5. The highest BCUT2D eigenvalue weighted by Gasteiger charge is 2.29. The van der Waals surface area contributed by atoms with E-state index in [0.717, 1.165) is 18.3 Å². The number of nitrogens with zero attached hydrogens (tertiary/aromatic N) is 5. The minimum atomic E-state index is -0.639. The lowest BCUT2D eigenvalue weighted by molar-refractivity contribution is 0.0783. The van der Waals surface area contributed by atoms with Gasteiger partial charge in [0.1, 0.15) is 23.0 Å². The lowest BCUT2D eigenvalue weighted by atomic mass is 10.1. The third-order valence-corrected chi connectivity index (χ3v) is 6.80. The Hall–Kier alpha value is -3.37. The van der Waals surface area contributed by atoms with Crippen molar-refractivity contribution >= 4 is 28.4 Å². The fourth-order valence-corrected chi connectivity index (χ4v) is 4.75. The number of hydrogen-bond acceptors (Lipinski definition) is 7. The summed E-state index contributed by atoms with van der Waals surface area (Å²) in [6, 6.07) is 7.26. The van der Waals surface area contributed by atoms with Gasteiger partial charge in [0.15, 0.2) is 0 Å². The molecule has 2 saturated heterocycles. The molecule has 1 unspecified atom stereocenters. The molecule has 2 fully saturated rings. The lowest BCUT2D eigenvalue weighted by Crippen LogP contribution is -2.36. The topological polar surface area (TPSA) is 73.8 Å². The Morgan fingerprint density at radius 3 is 2.56 bits per heavy atom. The smallest absolute Gasteiger partial charge is 0.254 e. The van der Waals surface area contributed by atoms with Gasteiger partial charge in [-0.25, -0.2) is 13.8 Å². The van der Waals surface area contributed by atoms with E-state index in [4.69, 9.17) is 9.72 Å². The maximum absolute atomic E-state index is 13.7. The van der Waals surface area contributed by atoms with E-state index in [2.05, 4.69) is 20.1 Å². The second-order valence-corrected chi connectivity index (χ2v) is 9.51. The van der Waals surface area contributed by atoms with E-state index >= 15 is 0 Å². The molecule has 0 spiro atoms. The third kappa shape index (κ3) is 5.24. The van der Waals surface area contributed by atoms with Gasteiger partial charge >= 0.3 is 0 Å². The Labute approximate surface area is 208 Å². The van der Waals surface area contributed by atoms with Crippen LogP contribution in [0.4, 0.5) is 20.3 Å². The van der Waals surface area contributed by atoms with Crippen molar-refractivity contribution in [3.63, 3.8) is 0 Å². The summed E-state index contributed by atoms with van der Waals surface area (Å²) in [7, 11) is 4.04. The number of amides is 1. The van der Waals surface area contributed by atoms with E-state index in [1.165, 1.54) is 12.1 Å². The average Bonchev–Trinajstić information content (AvgIpc) is 3.37. The number of nitrogens with one attached hydrogen (secondary N) is 1. The molecule has 0 aliphatic carbocycles. The molecule has 0 bridgehead atoms. The maximum atomic E-state index is 13.7. The number of hydrogen-bond donors (Lipinski definition) is 1. The van der Waals surface area contributed by atoms with E-state index in [0.29, 0.717) is 73.3 Å². The standard InChI is InChI=1S/C26H30F2N6O2/c1-32(2)21-3-4-34(16-21)26(35)18-11-22(29-14-17-9-19(27)13-20(28)10-17)25-23(12-18)30-15-24(31-25)33-5-7-36-8-6-33/h9-13,15,21,29H,3-8,14,16H2,1-2H3. The molecule has 2 aromatic carbocycles. The highest BCUT2D eigenvalue weighted by molar-refractivity contribution is 6.01. The number of rotatable bonds is 6. The maximum Gasteiger partial charge on any atom is 0.254 e. The normalized spacial score (nSPS) is 18.3. The summed E-state index contributed by atoms with van der Waals surface area (Å²) in [4.78, 5) is 29.0. The molecule has 190 valence electrons. The number of carbonyl (C=O) groups excluding carboxylic acids is 1. The van der Waals surface area contributed by atoms with Gasteiger partial charge < -0.3 is 24.8 Å². The van der Waals surface area contributed by atoms with Crippen molar-refractivity contribution in [2.45, 2.75) is 19.0 Å². The minimum Gasteiger partial charge on any atom is -0.379 e. The molecule has 1 atom stereocenters. The van der Waals surface area contributed by atoms with Crippen molar-refractivity contribution in [1.82, 2.24) is 19.8 Å². The summed E-state index contributed by atoms with van der Waals surface area (Å²) < 4.78 is 32.9. The van der Waals surface area contributed by atoms with Gasteiger partial charge in [0, 0.05) is 50.4 Å². The van der Waals surface area contributed by atoms with Gasteiger partial charge in [-0.05, 0) is 50.3 Å². The number of fused-ring (bicyclic) bond motifs is 1. The summed E-state index contributed by atoms with van der Waals surface area (Å²) in [5.41, 5.74) is 2.71. The van der Waals surface area contributed by atoms with Crippen molar-refractivity contribution in [3.05, 3.63) is 59.3 Å². The van der Waals surface area contributed by atoms with Crippen LogP contribution in [0.1, 0.15) is 22.3 Å². The Morgan fingerprint density at radius 1 is 1.11 bits per heavy atom. The molecule has 8 nitrogen and oxygen atoms in total. The number of carbonyl (C=O) groups is 1. The molecule has 1 aromatic heterocycles. The number of halogens is 2. The van der Waals surface area contributed by atoms with Gasteiger partial charge in [0.2, 0.25) is 0 Å². The van der Waals surface area contributed by atoms with Crippen LogP contribution in [0.3, 0.4) is 0 Å². The Kier molecular flexibility index (Phi) is 6.97. The van der Waals surface area contributed by atoms with E-state index in [-0.39, 0.29) is 12.5 Å². The minimum absolute atomic E-state index is 0.0693. The SMILES string of the molecule is CN(C)C1CCN(C(=O)c2cc(NCc3cc(F)cc(F)c3)c3nc(N4CCOCC4)cnc3c2)C1. The highest BCUT2D eigenvalue weighted by atomic mass is 19.1. The largest absolute Gasteiger partial charge is 0.379 e. The number of aromatic nitrogens is 2. The molecule has 3 aromatic rings. The quantitative estimate of drug-likeness (QED) is 0.562. The second kappa shape index (κ2) is 10.3. The number of morpholine rings is 1. The summed E-state index contributed by atoms with van der Waals surface area (Å²) >= 11 is 0. The summed E-state index contributed by atoms with van der Waals surface area (Å²) in [6.45, 7) is 4.18. The van der Waals surface area contributed by atoms with Crippen LogP contribution in [0.2, 0.25) is 0 Å². The molecule has 2 aliphatic heterocycles. The first kappa shape index (κ1) is 24.3. The summed E-state index contributed by atoms with van der Waals surface area (Å²) in [5, 5.41) is 3.24. The molecule has 0 radical (unpaired) electrons. The third-order valence-electron chi connectivity index (χ3n) is 6.80. The second-order valence-electron chi connectivity index (χ2n) is 9.51. The van der Waals surface area contributed by atoms with Crippen molar-refractivity contribution in [3.8, 4) is 0 Å². The first-order chi connectivity index (χ1) is 17.4. The van der Waals surface area contributed by atoms with Crippen molar-refractivity contribution in [2.24, 2.45) is 0 Å². The van der Waals surface area contributed by atoms with E-state index in [1.807, 2.05) is 19.0 Å². The predicted octanol–water partition coefficient (Wildman–Crippen LogP) is 3.13. The van der Waals surface area contributed by atoms with Crippen LogP contribution < -0.4 is 10.2 Å². The molecule has 5 rings (SSSR count). The van der Waals surface area contributed by atoms with Gasteiger partial charge in [-0.1, -0.05) is 0 Å². The van der Waals surface area contributed by atoms with E-state index in [1.54, 1.807) is 18.3 Å². The predicted molar refractivity (Wildman–Crippen MR) is 134 cm³/mol. The average molecular weight is 497 g/mol. The number of benzene rings is 2. The molecule has 1 amide bonds. The van der Waals surface area contributed by atoms with Crippen LogP contribution in [0.5, 0.6) is 0 Å². The van der Waals surface area contributed by atoms with Gasteiger partial charge in [-0.2, -0.15) is 0 Å². The molecule has 3 heterocycles. The van der Waals surface area contributed by atoms with Crippen molar-refractivity contribution in [1.29, 1.82) is 0 Å². The number of anilines is 2. The van der Waals surface area contributed by atoms with Crippen LogP contribution >= 0.6 is 0 Å². The van der Waals surface area contributed by atoms with Crippen LogP contribution in [0.25, 0.3) is 11.0 Å². The number of ether oxygens (including phenoxy) is 1. The zero-order chi connectivity index (χ0) is 25.2. The summed E-state index contributed by atoms with van der Waals surface area (Å²) in [6.07, 6.45) is 2.64. The molecule has 10 heteroatoms. The van der Waals surface area contributed by atoms with Gasteiger partial charge in [0.05, 0.1) is 30.6 Å². The van der Waals surface area contributed by atoms with Gasteiger partial charge in [-0.3, -0.25) is 9.78 Å². The lowest BCUT2D eigenvalue weighted by Gasteiger charge is -2.27. The molecular weight excluding hydrogens is 466 g/mol. The van der Waals surface area contributed by atoms with Crippen LogP contribution in [0.15, 0.2) is 36.5 Å². The fourth-order valence-electron chi connectivity index (χ4n) is 4.75. The molecule has 2 aliphatic rings. The Morgan fingerprint density at radius 2 is 1.86 bits per heavy atom. The van der Waals surface area contributed by atoms with E-state index in [9.17, 15) is 13.6 Å². The molecule has 1 N–H and O–H groups in total. The first-order valence-corrected chi connectivity index (χ1v) is 12.2. The van der Waals surface area contributed by atoms with Gasteiger partial charge in [-0.15, -0.1) is 0 Å². The zero-order valence-corrected chi connectivity index (χ0v) is 20.5. The van der Waals surface area contributed by atoms with Crippen LogP contribution in [-0.4, -0.2) is 85.2 Å². The Balaban J connectivity index is 1.48.